The maximum Gasteiger partial charge on any atom is 0.319 e. The van der Waals surface area contributed by atoms with Crippen molar-refractivity contribution in [2.24, 2.45) is 5.92 Å². The van der Waals surface area contributed by atoms with Gasteiger partial charge in [0, 0.05) is 31.4 Å². The SMILES string of the molecule is O=C(NCC1CCN(c2ccc(F)c(F)c2)C1)Nc1ccccc1-n1cncn1. The Morgan fingerprint density at radius 1 is 1.17 bits per heavy atom. The van der Waals surface area contributed by atoms with Crippen LogP contribution in [0.5, 0.6) is 0 Å². The fourth-order valence-electron chi connectivity index (χ4n) is 3.43. The number of aromatic nitrogens is 3. The molecule has 150 valence electrons. The van der Waals surface area contributed by atoms with Crippen LogP contribution in [0.3, 0.4) is 0 Å². The van der Waals surface area contributed by atoms with Gasteiger partial charge in [0.05, 0.1) is 11.4 Å². The molecule has 1 unspecified atom stereocenters. The number of benzene rings is 2. The number of carbonyl (C=O) groups is 1. The third-order valence-electron chi connectivity index (χ3n) is 4.92. The maximum absolute atomic E-state index is 13.4. The molecule has 9 heteroatoms. The molecule has 1 saturated heterocycles. The molecular formula is C20H20F2N6O. The van der Waals surface area contributed by atoms with Crippen molar-refractivity contribution in [3.63, 3.8) is 0 Å². The summed E-state index contributed by atoms with van der Waals surface area (Å²) in [6, 6.07) is 10.9. The zero-order valence-corrected chi connectivity index (χ0v) is 15.6. The quantitative estimate of drug-likeness (QED) is 0.692. The van der Waals surface area contributed by atoms with Crippen molar-refractivity contribution in [2.75, 3.05) is 29.9 Å². The van der Waals surface area contributed by atoms with Crippen LogP contribution in [0.2, 0.25) is 0 Å². The Balaban J connectivity index is 1.31. The van der Waals surface area contributed by atoms with E-state index in [1.165, 1.54) is 12.4 Å². The Morgan fingerprint density at radius 2 is 2.03 bits per heavy atom. The largest absolute Gasteiger partial charge is 0.371 e. The molecule has 1 fully saturated rings. The molecule has 7 nitrogen and oxygen atoms in total. The van der Waals surface area contributed by atoms with Crippen LogP contribution in [0.15, 0.2) is 55.1 Å². The summed E-state index contributed by atoms with van der Waals surface area (Å²) in [6.07, 6.45) is 3.84. The molecule has 0 aliphatic carbocycles. The van der Waals surface area contributed by atoms with Crippen LogP contribution >= 0.6 is 0 Å². The van der Waals surface area contributed by atoms with Gasteiger partial charge in [0.25, 0.3) is 0 Å². The minimum absolute atomic E-state index is 0.222. The Kier molecular flexibility index (Phi) is 5.37. The van der Waals surface area contributed by atoms with E-state index in [2.05, 4.69) is 20.7 Å². The van der Waals surface area contributed by atoms with Crippen LogP contribution < -0.4 is 15.5 Å². The number of hydrogen-bond acceptors (Lipinski definition) is 4. The third-order valence-corrected chi connectivity index (χ3v) is 4.92. The number of urea groups is 1. The molecule has 3 aromatic rings. The van der Waals surface area contributed by atoms with Crippen molar-refractivity contribution >= 4 is 17.4 Å². The highest BCUT2D eigenvalue weighted by Crippen LogP contribution is 2.25. The number of halogens is 2. The highest BCUT2D eigenvalue weighted by molar-refractivity contribution is 5.91. The lowest BCUT2D eigenvalue weighted by molar-refractivity contribution is 0.250. The standard InChI is InChI=1S/C20H20F2N6O/c21-16-6-5-15(9-17(16)22)27-8-7-14(11-27)10-24-20(29)26-18-3-1-2-4-19(18)28-13-23-12-25-28/h1-6,9,12-14H,7-8,10-11H2,(H2,24,26,29). The first-order valence-corrected chi connectivity index (χ1v) is 9.29. The average Bonchev–Trinajstić information content (AvgIpc) is 3.41. The molecule has 0 bridgehead atoms. The second-order valence-electron chi connectivity index (χ2n) is 6.89. The molecule has 0 radical (unpaired) electrons. The van der Waals surface area contributed by atoms with E-state index in [0.717, 1.165) is 19.0 Å². The number of amides is 2. The van der Waals surface area contributed by atoms with Gasteiger partial charge >= 0.3 is 6.03 Å². The van der Waals surface area contributed by atoms with E-state index in [1.54, 1.807) is 23.1 Å². The highest BCUT2D eigenvalue weighted by atomic mass is 19.2. The zero-order chi connectivity index (χ0) is 20.2. The van der Waals surface area contributed by atoms with Crippen LogP contribution in [0.1, 0.15) is 6.42 Å². The van der Waals surface area contributed by atoms with E-state index in [4.69, 9.17) is 0 Å². The van der Waals surface area contributed by atoms with E-state index in [0.29, 0.717) is 30.2 Å². The summed E-state index contributed by atoms with van der Waals surface area (Å²) in [7, 11) is 0. The lowest BCUT2D eigenvalue weighted by Gasteiger charge is -2.19. The van der Waals surface area contributed by atoms with E-state index in [9.17, 15) is 13.6 Å². The van der Waals surface area contributed by atoms with Gasteiger partial charge in [-0.3, -0.25) is 0 Å². The van der Waals surface area contributed by atoms with Gasteiger partial charge in [0.2, 0.25) is 0 Å². The molecule has 29 heavy (non-hydrogen) atoms. The number of anilines is 2. The summed E-state index contributed by atoms with van der Waals surface area (Å²) in [4.78, 5) is 18.3. The van der Waals surface area contributed by atoms with Crippen LogP contribution in [0.25, 0.3) is 5.69 Å². The molecule has 2 heterocycles. The van der Waals surface area contributed by atoms with Crippen molar-refractivity contribution in [2.45, 2.75) is 6.42 Å². The maximum atomic E-state index is 13.4. The predicted molar refractivity (Wildman–Crippen MR) is 105 cm³/mol. The number of carbonyl (C=O) groups excluding carboxylic acids is 1. The van der Waals surface area contributed by atoms with Crippen LogP contribution in [-0.4, -0.2) is 40.4 Å². The normalized spacial score (nSPS) is 16.1. The summed E-state index contributed by atoms with van der Waals surface area (Å²) in [5, 5.41) is 9.81. The van der Waals surface area contributed by atoms with Gasteiger partial charge in [-0.15, -0.1) is 0 Å². The second-order valence-corrected chi connectivity index (χ2v) is 6.89. The van der Waals surface area contributed by atoms with Crippen molar-refractivity contribution in [1.29, 1.82) is 0 Å². The topological polar surface area (TPSA) is 75.1 Å². The van der Waals surface area contributed by atoms with Gasteiger partial charge < -0.3 is 15.5 Å². The van der Waals surface area contributed by atoms with Gasteiger partial charge in [-0.05, 0) is 36.6 Å². The summed E-state index contributed by atoms with van der Waals surface area (Å²) >= 11 is 0. The van der Waals surface area contributed by atoms with Crippen LogP contribution in [0, 0.1) is 17.6 Å². The number of nitrogens with zero attached hydrogens (tertiary/aromatic N) is 4. The monoisotopic (exact) mass is 398 g/mol. The molecule has 1 aromatic heterocycles. The number of para-hydroxylation sites is 2. The van der Waals surface area contributed by atoms with Gasteiger partial charge in [-0.2, -0.15) is 5.10 Å². The van der Waals surface area contributed by atoms with Gasteiger partial charge in [-0.25, -0.2) is 23.2 Å². The first kappa shape index (κ1) is 18.9. The van der Waals surface area contributed by atoms with Crippen LogP contribution in [-0.2, 0) is 0 Å². The van der Waals surface area contributed by atoms with Gasteiger partial charge in [0.15, 0.2) is 11.6 Å². The lowest BCUT2D eigenvalue weighted by atomic mass is 10.1. The molecule has 1 aliphatic heterocycles. The summed E-state index contributed by atoms with van der Waals surface area (Å²) < 4.78 is 28.1. The van der Waals surface area contributed by atoms with Gasteiger partial charge in [-0.1, -0.05) is 12.1 Å². The fourth-order valence-corrected chi connectivity index (χ4v) is 3.43. The van der Waals surface area contributed by atoms with E-state index >= 15 is 0 Å². The number of hydrogen-bond donors (Lipinski definition) is 2. The summed E-state index contributed by atoms with van der Waals surface area (Å²) in [5.74, 6) is -1.48. The summed E-state index contributed by atoms with van der Waals surface area (Å²) in [5.41, 5.74) is 1.98. The minimum atomic E-state index is -0.853. The first-order chi connectivity index (χ1) is 14.1. The van der Waals surface area contributed by atoms with Crippen molar-refractivity contribution in [3.8, 4) is 5.69 Å². The Bertz CT molecular complexity index is 994. The van der Waals surface area contributed by atoms with E-state index < -0.39 is 11.6 Å². The number of nitrogens with one attached hydrogen (secondary N) is 2. The molecule has 2 amide bonds. The zero-order valence-electron chi connectivity index (χ0n) is 15.6. The first-order valence-electron chi connectivity index (χ1n) is 9.29. The third kappa shape index (κ3) is 4.34. The van der Waals surface area contributed by atoms with Crippen molar-refractivity contribution in [1.82, 2.24) is 20.1 Å². The lowest BCUT2D eigenvalue weighted by Crippen LogP contribution is -2.34. The predicted octanol–water partition coefficient (Wildman–Crippen LogP) is 3.19. The molecule has 0 spiro atoms. The van der Waals surface area contributed by atoms with Crippen molar-refractivity contribution in [3.05, 3.63) is 66.8 Å². The molecule has 1 atom stereocenters. The molecule has 2 N–H and O–H groups in total. The minimum Gasteiger partial charge on any atom is -0.371 e. The number of rotatable bonds is 5. The van der Waals surface area contributed by atoms with Crippen molar-refractivity contribution < 1.29 is 13.6 Å². The smallest absolute Gasteiger partial charge is 0.319 e. The van der Waals surface area contributed by atoms with E-state index in [1.807, 2.05) is 23.1 Å². The van der Waals surface area contributed by atoms with Crippen LogP contribution in [0.4, 0.5) is 25.0 Å². The molecule has 2 aromatic carbocycles. The second kappa shape index (κ2) is 8.26. The fraction of sp³-hybridized carbons (Fsp3) is 0.250. The summed E-state index contributed by atoms with van der Waals surface area (Å²) in [6.45, 7) is 1.88. The molecule has 4 rings (SSSR count). The molecule has 1 aliphatic rings. The molecule has 0 saturated carbocycles. The van der Waals surface area contributed by atoms with E-state index in [-0.39, 0.29) is 11.9 Å². The Morgan fingerprint density at radius 3 is 2.83 bits per heavy atom. The average molecular weight is 398 g/mol. The van der Waals surface area contributed by atoms with Gasteiger partial charge in [0.1, 0.15) is 12.7 Å². The highest BCUT2D eigenvalue weighted by Gasteiger charge is 2.24. The Labute approximate surface area is 166 Å². The molecular weight excluding hydrogens is 378 g/mol. The Hall–Kier alpha value is -3.49.